The molecule has 1 unspecified atom stereocenters. The van der Waals surface area contributed by atoms with Crippen LogP contribution in [0, 0.1) is 22.0 Å². The first-order valence-corrected chi connectivity index (χ1v) is 3.88. The molecule has 1 aliphatic rings. The Hall–Kier alpha value is -1.37. The molecule has 0 saturated heterocycles. The van der Waals surface area contributed by atoms with E-state index in [1.165, 1.54) is 0 Å². The van der Waals surface area contributed by atoms with Crippen molar-refractivity contribution >= 4 is 5.78 Å². The summed E-state index contributed by atoms with van der Waals surface area (Å²) in [5, 5.41) is 10.3. The van der Waals surface area contributed by atoms with Gasteiger partial charge in [0.2, 0.25) is 0 Å². The normalized spacial score (nSPS) is 23.3. The molecule has 0 spiro atoms. The van der Waals surface area contributed by atoms with Crippen LogP contribution in [0.3, 0.4) is 0 Å². The van der Waals surface area contributed by atoms with Gasteiger partial charge in [0.05, 0.1) is 0 Å². The van der Waals surface area contributed by atoms with E-state index in [2.05, 4.69) is 11.8 Å². The highest BCUT2D eigenvalue weighted by Crippen LogP contribution is 2.09. The van der Waals surface area contributed by atoms with Crippen LogP contribution in [0.5, 0.6) is 0 Å². The van der Waals surface area contributed by atoms with Gasteiger partial charge in [0, 0.05) is 17.8 Å². The molecule has 1 rings (SSSR count). The zero-order valence-electron chi connectivity index (χ0n) is 6.58. The third-order valence-electron chi connectivity index (χ3n) is 1.80. The predicted molar refractivity (Wildman–Crippen MR) is 42.0 cm³/mol. The lowest BCUT2D eigenvalue weighted by Gasteiger charge is -2.05. The lowest BCUT2D eigenvalue weighted by atomic mass is 10.0. The smallest absolute Gasteiger partial charge is 0.277 e. The average Bonchev–Trinajstić information content (AvgIpc) is 1.96. The number of rotatable bonds is 1. The van der Waals surface area contributed by atoms with Crippen molar-refractivity contribution < 1.29 is 9.72 Å². The Bertz CT molecular complexity index is 261. The van der Waals surface area contributed by atoms with Crippen molar-refractivity contribution in [2.24, 2.45) is 0 Å². The van der Waals surface area contributed by atoms with Gasteiger partial charge in [0.1, 0.15) is 0 Å². The van der Waals surface area contributed by atoms with E-state index in [1.54, 1.807) is 0 Å². The van der Waals surface area contributed by atoms with E-state index in [9.17, 15) is 14.9 Å². The average molecular weight is 167 g/mol. The van der Waals surface area contributed by atoms with Gasteiger partial charge in [0.25, 0.3) is 11.8 Å². The zero-order chi connectivity index (χ0) is 8.97. The molecule has 0 fully saturated rings. The van der Waals surface area contributed by atoms with Gasteiger partial charge in [-0.3, -0.25) is 14.9 Å². The highest BCUT2D eigenvalue weighted by Gasteiger charge is 2.27. The number of Topliss-reactive ketones (excluding diaryl/α,β-unsaturated/α-hetero) is 1. The molecule has 0 N–H and O–H groups in total. The topological polar surface area (TPSA) is 60.2 Å². The summed E-state index contributed by atoms with van der Waals surface area (Å²) in [7, 11) is 0. The summed E-state index contributed by atoms with van der Waals surface area (Å²) in [6, 6.07) is -1.09. The van der Waals surface area contributed by atoms with E-state index in [-0.39, 0.29) is 0 Å². The first kappa shape index (κ1) is 8.72. The molecule has 0 saturated carbocycles. The Labute approximate surface area is 70.1 Å². The Balaban J connectivity index is 2.74. The van der Waals surface area contributed by atoms with E-state index in [0.717, 1.165) is 6.42 Å². The van der Waals surface area contributed by atoms with Gasteiger partial charge in [-0.25, -0.2) is 0 Å². The molecule has 4 heteroatoms. The lowest BCUT2D eigenvalue weighted by molar-refractivity contribution is -0.507. The number of ketones is 1. The summed E-state index contributed by atoms with van der Waals surface area (Å²) >= 11 is 0. The van der Waals surface area contributed by atoms with Crippen LogP contribution in [0.15, 0.2) is 0 Å². The zero-order valence-corrected chi connectivity index (χ0v) is 6.58. The molecule has 0 aromatic heterocycles. The van der Waals surface area contributed by atoms with E-state index in [0.29, 0.717) is 19.3 Å². The number of hydrogen-bond donors (Lipinski definition) is 0. The van der Waals surface area contributed by atoms with Crippen LogP contribution in [0.1, 0.15) is 25.7 Å². The van der Waals surface area contributed by atoms with Crippen LogP contribution in [0.25, 0.3) is 0 Å². The fraction of sp³-hybridized carbons (Fsp3) is 0.625. The van der Waals surface area contributed by atoms with Crippen LogP contribution < -0.4 is 0 Å². The van der Waals surface area contributed by atoms with Gasteiger partial charge in [-0.2, -0.15) is 0 Å². The monoisotopic (exact) mass is 167 g/mol. The van der Waals surface area contributed by atoms with Gasteiger partial charge in [-0.15, -0.1) is 0 Å². The van der Waals surface area contributed by atoms with Crippen molar-refractivity contribution in [2.75, 3.05) is 0 Å². The maximum Gasteiger partial charge on any atom is 0.282 e. The van der Waals surface area contributed by atoms with Crippen LogP contribution in [-0.2, 0) is 4.79 Å². The summed E-state index contributed by atoms with van der Waals surface area (Å²) in [5.74, 6) is 4.36. The second kappa shape index (κ2) is 3.86. The highest BCUT2D eigenvalue weighted by molar-refractivity contribution is 5.98. The molecule has 1 atom stereocenters. The molecular formula is C8H9NO3. The minimum absolute atomic E-state index is 0.334. The van der Waals surface area contributed by atoms with E-state index in [4.69, 9.17) is 0 Å². The number of nitro groups is 1. The van der Waals surface area contributed by atoms with Gasteiger partial charge in [-0.1, -0.05) is 5.92 Å². The van der Waals surface area contributed by atoms with E-state index < -0.39 is 16.7 Å². The SMILES string of the molecule is O=C1C#CCCCCC1[N+](=O)[O-]. The van der Waals surface area contributed by atoms with Crippen LogP contribution in [0.4, 0.5) is 0 Å². The maximum atomic E-state index is 11.0. The summed E-state index contributed by atoms with van der Waals surface area (Å²) < 4.78 is 0. The molecule has 0 bridgehead atoms. The lowest BCUT2D eigenvalue weighted by Crippen LogP contribution is -2.28. The Kier molecular flexibility index (Phi) is 2.81. The van der Waals surface area contributed by atoms with Gasteiger partial charge in [-0.05, 0) is 18.8 Å². The maximum absolute atomic E-state index is 11.0. The standard InChI is InChI=1S/C8H9NO3/c10-8-6-4-2-1-3-5-7(8)9(11)12/h7H,1-3,5H2. The molecule has 0 aliphatic heterocycles. The second-order valence-electron chi connectivity index (χ2n) is 2.71. The van der Waals surface area contributed by atoms with E-state index in [1.807, 2.05) is 0 Å². The highest BCUT2D eigenvalue weighted by atomic mass is 16.6. The summed E-state index contributed by atoms with van der Waals surface area (Å²) in [6.45, 7) is 0. The molecule has 64 valence electrons. The van der Waals surface area contributed by atoms with Crippen molar-refractivity contribution in [1.29, 1.82) is 0 Å². The van der Waals surface area contributed by atoms with Gasteiger partial charge >= 0.3 is 0 Å². The minimum Gasteiger partial charge on any atom is -0.277 e. The van der Waals surface area contributed by atoms with Gasteiger partial charge in [0.15, 0.2) is 0 Å². The van der Waals surface area contributed by atoms with Crippen molar-refractivity contribution in [3.8, 4) is 11.8 Å². The van der Waals surface area contributed by atoms with E-state index >= 15 is 0 Å². The molecule has 12 heavy (non-hydrogen) atoms. The van der Waals surface area contributed by atoms with Gasteiger partial charge < -0.3 is 0 Å². The molecule has 4 nitrogen and oxygen atoms in total. The van der Waals surface area contributed by atoms with Crippen LogP contribution in [0.2, 0.25) is 0 Å². The van der Waals surface area contributed by atoms with Crippen molar-refractivity contribution in [2.45, 2.75) is 31.7 Å². The fourth-order valence-corrected chi connectivity index (χ4v) is 1.12. The van der Waals surface area contributed by atoms with Crippen LogP contribution in [-0.4, -0.2) is 16.7 Å². The third kappa shape index (κ3) is 2.06. The summed E-state index contributed by atoms with van der Waals surface area (Å²) in [6.07, 6.45) is 2.58. The number of carbonyl (C=O) groups excluding carboxylic acids is 1. The van der Waals surface area contributed by atoms with Crippen LogP contribution >= 0.6 is 0 Å². The molecule has 0 aromatic carbocycles. The summed E-state index contributed by atoms with van der Waals surface area (Å²) in [5.41, 5.74) is 0. The predicted octanol–water partition coefficient (Wildman–Crippen LogP) is 0.778. The van der Waals surface area contributed by atoms with Crippen molar-refractivity contribution in [3.05, 3.63) is 10.1 Å². The van der Waals surface area contributed by atoms with Crippen molar-refractivity contribution in [3.63, 3.8) is 0 Å². The Morgan fingerprint density at radius 3 is 2.92 bits per heavy atom. The largest absolute Gasteiger partial charge is 0.282 e. The number of carbonyl (C=O) groups is 1. The van der Waals surface area contributed by atoms with Crippen molar-refractivity contribution in [1.82, 2.24) is 0 Å². The molecule has 0 aromatic rings. The Morgan fingerprint density at radius 1 is 1.50 bits per heavy atom. The quantitative estimate of drug-likeness (QED) is 0.251. The minimum atomic E-state index is -1.09. The number of nitrogens with zero attached hydrogens (tertiary/aromatic N) is 1. The summed E-state index contributed by atoms with van der Waals surface area (Å²) in [4.78, 5) is 20.8. The molecule has 0 amide bonds. The Morgan fingerprint density at radius 2 is 2.25 bits per heavy atom. The molecule has 0 radical (unpaired) electrons. The first-order valence-electron chi connectivity index (χ1n) is 3.88. The first-order chi connectivity index (χ1) is 5.72. The third-order valence-corrected chi connectivity index (χ3v) is 1.80. The molecule has 1 aliphatic carbocycles. The molecule has 0 heterocycles. The number of hydrogen-bond acceptors (Lipinski definition) is 3. The fourth-order valence-electron chi connectivity index (χ4n) is 1.12. The second-order valence-corrected chi connectivity index (χ2v) is 2.71. The molecular weight excluding hydrogens is 158 g/mol.